The largest absolute Gasteiger partial charge is 0.379 e. The predicted octanol–water partition coefficient (Wildman–Crippen LogP) is 4.18. The third-order valence-corrected chi connectivity index (χ3v) is 4.66. The molecular weight excluding hydrogens is 358 g/mol. The molecular formula is C17H22BrN3O2. The van der Waals surface area contributed by atoms with Gasteiger partial charge in [-0.3, -0.25) is 9.48 Å². The van der Waals surface area contributed by atoms with E-state index in [-0.39, 0.29) is 19.4 Å². The molecule has 6 heteroatoms. The number of benzene rings is 1. The molecule has 1 aromatic heterocycles. The first-order chi connectivity index (χ1) is 10.6. The lowest BCUT2D eigenvalue weighted by Gasteiger charge is -2.17. The molecule has 1 atom stereocenters. The number of aryl methyl sites for hydroxylation is 1. The van der Waals surface area contributed by atoms with Crippen molar-refractivity contribution in [1.29, 1.82) is 0 Å². The Morgan fingerprint density at radius 1 is 1.48 bits per heavy atom. The van der Waals surface area contributed by atoms with Crippen molar-refractivity contribution in [1.82, 2.24) is 9.78 Å². The smallest absolute Gasteiger partial charge is 0.221 e. The van der Waals surface area contributed by atoms with Crippen LogP contribution >= 0.6 is 15.9 Å². The van der Waals surface area contributed by atoms with Crippen LogP contribution in [0, 0.1) is 6.92 Å². The Morgan fingerprint density at radius 3 is 2.91 bits per heavy atom. The second-order valence-corrected chi connectivity index (χ2v) is 6.36. The molecule has 3 rings (SSSR count). The van der Waals surface area contributed by atoms with E-state index in [0.717, 1.165) is 40.0 Å². The summed E-state index contributed by atoms with van der Waals surface area (Å²) in [7, 11) is 0. The Kier molecular flexibility index (Phi) is 5.59. The van der Waals surface area contributed by atoms with E-state index in [1.807, 2.05) is 29.8 Å². The number of amides is 1. The fourth-order valence-electron chi connectivity index (χ4n) is 2.72. The van der Waals surface area contributed by atoms with Crippen LogP contribution in [0.15, 0.2) is 28.9 Å². The summed E-state index contributed by atoms with van der Waals surface area (Å²) in [5.74, 6) is -0.0850. The maximum atomic E-state index is 11.5. The van der Waals surface area contributed by atoms with Gasteiger partial charge in [0.2, 0.25) is 5.91 Å². The van der Waals surface area contributed by atoms with Gasteiger partial charge in [0, 0.05) is 29.8 Å². The Bertz CT molecular complexity index is 706. The zero-order valence-electron chi connectivity index (χ0n) is 12.6. The lowest BCUT2D eigenvalue weighted by molar-refractivity contribution is -0.114. The number of ether oxygens (including phenoxy) is 1. The summed E-state index contributed by atoms with van der Waals surface area (Å²) in [4.78, 5) is 11.5. The molecule has 1 amide bonds. The molecule has 0 unspecified atom stereocenters. The standard InChI is InChI=1S/C16H18BrN3O2.CH4/c1-10-7-15(19-11(2)21)13(8-14(10)17)16-3-5-18-20(16)12-4-6-22-9-12;/h3,5,7-8,12H,4,6,9H2,1-2H3,(H,19,21);1H4/t12-;/m0./s1. The van der Waals surface area contributed by atoms with Crippen molar-refractivity contribution < 1.29 is 9.53 Å². The fourth-order valence-corrected chi connectivity index (χ4v) is 3.06. The Labute approximate surface area is 145 Å². The molecule has 1 aliphatic heterocycles. The number of carbonyl (C=O) groups excluding carboxylic acids is 1. The zero-order chi connectivity index (χ0) is 15.7. The summed E-state index contributed by atoms with van der Waals surface area (Å²) in [6.07, 6.45) is 2.75. The van der Waals surface area contributed by atoms with Gasteiger partial charge in [-0.15, -0.1) is 0 Å². The van der Waals surface area contributed by atoms with E-state index in [2.05, 4.69) is 26.3 Å². The summed E-state index contributed by atoms with van der Waals surface area (Å²) >= 11 is 3.57. The normalized spacial score (nSPS) is 16.9. The van der Waals surface area contributed by atoms with Crippen molar-refractivity contribution in [3.63, 3.8) is 0 Å². The minimum atomic E-state index is -0.0850. The van der Waals surface area contributed by atoms with E-state index in [9.17, 15) is 4.79 Å². The lowest BCUT2D eigenvalue weighted by Crippen LogP contribution is -2.13. The van der Waals surface area contributed by atoms with Crippen molar-refractivity contribution in [2.24, 2.45) is 0 Å². The molecule has 0 spiro atoms. The number of hydrogen-bond acceptors (Lipinski definition) is 3. The van der Waals surface area contributed by atoms with Crippen molar-refractivity contribution in [3.8, 4) is 11.3 Å². The van der Waals surface area contributed by atoms with Crippen LogP contribution in [-0.2, 0) is 9.53 Å². The summed E-state index contributed by atoms with van der Waals surface area (Å²) in [5.41, 5.74) is 3.81. The molecule has 0 saturated carbocycles. The molecule has 23 heavy (non-hydrogen) atoms. The van der Waals surface area contributed by atoms with Gasteiger partial charge in [-0.1, -0.05) is 23.4 Å². The Morgan fingerprint density at radius 2 is 2.26 bits per heavy atom. The Balaban J connectivity index is 0.00000192. The molecule has 1 saturated heterocycles. The highest BCUT2D eigenvalue weighted by atomic mass is 79.9. The first-order valence-electron chi connectivity index (χ1n) is 7.25. The molecule has 0 aliphatic carbocycles. The first kappa shape index (κ1) is 17.7. The molecule has 0 bridgehead atoms. The number of halogens is 1. The van der Waals surface area contributed by atoms with Crippen molar-refractivity contribution in [2.45, 2.75) is 33.7 Å². The number of nitrogens with one attached hydrogen (secondary N) is 1. The zero-order valence-corrected chi connectivity index (χ0v) is 14.2. The van der Waals surface area contributed by atoms with Crippen LogP contribution in [0.1, 0.15) is 32.4 Å². The predicted molar refractivity (Wildman–Crippen MR) is 95.6 cm³/mol. The highest BCUT2D eigenvalue weighted by Crippen LogP contribution is 2.35. The minimum absolute atomic E-state index is 0. The second-order valence-electron chi connectivity index (χ2n) is 5.51. The highest BCUT2D eigenvalue weighted by molar-refractivity contribution is 9.10. The summed E-state index contributed by atoms with van der Waals surface area (Å²) in [5, 5.41) is 7.37. The van der Waals surface area contributed by atoms with Crippen LogP contribution in [0.2, 0.25) is 0 Å². The van der Waals surface area contributed by atoms with Crippen molar-refractivity contribution in [2.75, 3.05) is 18.5 Å². The number of rotatable bonds is 3. The van der Waals surface area contributed by atoms with Crippen LogP contribution in [0.4, 0.5) is 5.69 Å². The first-order valence-corrected chi connectivity index (χ1v) is 8.05. The average molecular weight is 380 g/mol. The molecule has 1 N–H and O–H groups in total. The Hall–Kier alpha value is -1.66. The van der Waals surface area contributed by atoms with Crippen LogP contribution in [0.3, 0.4) is 0 Å². The molecule has 2 aromatic rings. The van der Waals surface area contributed by atoms with Gasteiger partial charge in [0.1, 0.15) is 0 Å². The van der Waals surface area contributed by atoms with E-state index < -0.39 is 0 Å². The maximum Gasteiger partial charge on any atom is 0.221 e. The SMILES string of the molecule is C.CC(=O)Nc1cc(C)c(Br)cc1-c1ccnn1[C@H]1CCOC1. The third-order valence-electron chi connectivity index (χ3n) is 3.81. The van der Waals surface area contributed by atoms with Gasteiger partial charge >= 0.3 is 0 Å². The quantitative estimate of drug-likeness (QED) is 0.869. The van der Waals surface area contributed by atoms with E-state index >= 15 is 0 Å². The van der Waals surface area contributed by atoms with Crippen LogP contribution in [0.5, 0.6) is 0 Å². The number of aromatic nitrogens is 2. The monoisotopic (exact) mass is 379 g/mol. The van der Waals surface area contributed by atoms with E-state index in [1.54, 1.807) is 6.20 Å². The van der Waals surface area contributed by atoms with Crippen molar-refractivity contribution in [3.05, 3.63) is 34.4 Å². The molecule has 0 radical (unpaired) electrons. The molecule has 1 fully saturated rings. The highest BCUT2D eigenvalue weighted by Gasteiger charge is 2.22. The third kappa shape index (κ3) is 3.64. The number of carbonyl (C=O) groups is 1. The number of hydrogen-bond donors (Lipinski definition) is 1. The van der Waals surface area contributed by atoms with E-state index in [1.165, 1.54) is 6.92 Å². The fraction of sp³-hybridized carbons (Fsp3) is 0.412. The number of anilines is 1. The van der Waals surface area contributed by atoms with Crippen LogP contribution in [0.25, 0.3) is 11.3 Å². The summed E-state index contributed by atoms with van der Waals surface area (Å²) < 4.78 is 8.47. The van der Waals surface area contributed by atoms with Gasteiger partial charge in [0.25, 0.3) is 0 Å². The van der Waals surface area contributed by atoms with E-state index in [4.69, 9.17) is 4.74 Å². The van der Waals surface area contributed by atoms with Gasteiger partial charge in [0.15, 0.2) is 0 Å². The van der Waals surface area contributed by atoms with Gasteiger partial charge in [0.05, 0.1) is 24.0 Å². The molecule has 124 valence electrons. The van der Waals surface area contributed by atoms with Gasteiger partial charge in [-0.25, -0.2) is 0 Å². The summed E-state index contributed by atoms with van der Waals surface area (Å²) in [6, 6.07) is 6.23. The minimum Gasteiger partial charge on any atom is -0.379 e. The van der Waals surface area contributed by atoms with Gasteiger partial charge in [-0.05, 0) is 37.1 Å². The molecule has 1 aromatic carbocycles. The number of nitrogens with zero attached hydrogens (tertiary/aromatic N) is 2. The van der Waals surface area contributed by atoms with Gasteiger partial charge in [-0.2, -0.15) is 5.10 Å². The van der Waals surface area contributed by atoms with Gasteiger partial charge < -0.3 is 10.1 Å². The second kappa shape index (κ2) is 7.27. The molecule has 5 nitrogen and oxygen atoms in total. The van der Waals surface area contributed by atoms with Crippen LogP contribution in [-0.4, -0.2) is 28.9 Å². The topological polar surface area (TPSA) is 56.2 Å². The van der Waals surface area contributed by atoms with Crippen LogP contribution < -0.4 is 5.32 Å². The molecule has 1 aliphatic rings. The lowest BCUT2D eigenvalue weighted by atomic mass is 10.1. The maximum absolute atomic E-state index is 11.5. The summed E-state index contributed by atoms with van der Waals surface area (Å²) in [6.45, 7) is 4.96. The van der Waals surface area contributed by atoms with E-state index in [0.29, 0.717) is 6.61 Å². The average Bonchev–Trinajstić information content (AvgIpc) is 3.11. The van der Waals surface area contributed by atoms with Crippen molar-refractivity contribution >= 4 is 27.5 Å². The molecule has 2 heterocycles.